The predicted octanol–water partition coefficient (Wildman–Crippen LogP) is 2.77. The molecule has 0 saturated heterocycles. The summed E-state index contributed by atoms with van der Waals surface area (Å²) in [7, 11) is 2.12. The van der Waals surface area contributed by atoms with Crippen LogP contribution in [0, 0.1) is 6.92 Å². The molecule has 2 rings (SSSR count). The van der Waals surface area contributed by atoms with Crippen LogP contribution >= 0.6 is 0 Å². The first-order chi connectivity index (χ1) is 10.2. The van der Waals surface area contributed by atoms with Gasteiger partial charge >= 0.3 is 0 Å². The Labute approximate surface area is 127 Å². The molecule has 114 valence electrons. The van der Waals surface area contributed by atoms with Crippen molar-refractivity contribution < 1.29 is 4.42 Å². The smallest absolute Gasteiger partial charge is 0.118 e. The quantitative estimate of drug-likeness (QED) is 0.810. The number of hydrogen-bond donors (Lipinski definition) is 1. The number of pyridine rings is 1. The summed E-state index contributed by atoms with van der Waals surface area (Å²) in [4.78, 5) is 6.62. The van der Waals surface area contributed by atoms with Crippen molar-refractivity contribution in [2.45, 2.75) is 33.4 Å². The highest BCUT2D eigenvalue weighted by Crippen LogP contribution is 2.16. The lowest BCUT2D eigenvalue weighted by Gasteiger charge is -2.14. The highest BCUT2D eigenvalue weighted by atomic mass is 16.3. The van der Waals surface area contributed by atoms with E-state index >= 15 is 0 Å². The SMILES string of the molecule is CCNCc1cc(CN(C)CCc2ccccn2)oc1C. The zero-order chi connectivity index (χ0) is 15.1. The molecule has 0 amide bonds. The molecule has 0 aliphatic carbocycles. The third-order valence-corrected chi connectivity index (χ3v) is 3.54. The molecule has 0 bridgehead atoms. The van der Waals surface area contributed by atoms with Crippen LogP contribution in [0.2, 0.25) is 0 Å². The predicted molar refractivity (Wildman–Crippen MR) is 85.1 cm³/mol. The van der Waals surface area contributed by atoms with Crippen molar-refractivity contribution in [2.24, 2.45) is 0 Å². The van der Waals surface area contributed by atoms with Gasteiger partial charge in [0.15, 0.2) is 0 Å². The largest absolute Gasteiger partial charge is 0.465 e. The van der Waals surface area contributed by atoms with Crippen molar-refractivity contribution >= 4 is 0 Å². The lowest BCUT2D eigenvalue weighted by atomic mass is 10.2. The van der Waals surface area contributed by atoms with Gasteiger partial charge in [-0.15, -0.1) is 0 Å². The molecule has 4 heteroatoms. The summed E-state index contributed by atoms with van der Waals surface area (Å²) in [6.07, 6.45) is 2.81. The van der Waals surface area contributed by atoms with Gasteiger partial charge in [0.25, 0.3) is 0 Å². The van der Waals surface area contributed by atoms with Crippen LogP contribution in [0.5, 0.6) is 0 Å². The lowest BCUT2D eigenvalue weighted by Crippen LogP contribution is -2.20. The summed E-state index contributed by atoms with van der Waals surface area (Å²) < 4.78 is 5.84. The van der Waals surface area contributed by atoms with Gasteiger partial charge in [0, 0.05) is 37.0 Å². The van der Waals surface area contributed by atoms with Crippen LogP contribution in [0.3, 0.4) is 0 Å². The molecular weight excluding hydrogens is 262 g/mol. The number of furan rings is 1. The average molecular weight is 287 g/mol. The Morgan fingerprint density at radius 2 is 2.19 bits per heavy atom. The number of likely N-dealkylation sites (N-methyl/N-ethyl adjacent to an activating group) is 1. The van der Waals surface area contributed by atoms with E-state index in [9.17, 15) is 0 Å². The number of nitrogens with one attached hydrogen (secondary N) is 1. The molecule has 0 spiro atoms. The molecule has 2 heterocycles. The summed E-state index contributed by atoms with van der Waals surface area (Å²) in [6.45, 7) is 7.80. The van der Waals surface area contributed by atoms with E-state index < -0.39 is 0 Å². The van der Waals surface area contributed by atoms with Gasteiger partial charge in [-0.1, -0.05) is 13.0 Å². The van der Waals surface area contributed by atoms with E-state index in [0.29, 0.717) is 0 Å². The first kappa shape index (κ1) is 15.7. The second-order valence-corrected chi connectivity index (χ2v) is 5.38. The molecule has 21 heavy (non-hydrogen) atoms. The van der Waals surface area contributed by atoms with Crippen LogP contribution in [-0.2, 0) is 19.5 Å². The van der Waals surface area contributed by atoms with Gasteiger partial charge in [-0.05, 0) is 38.7 Å². The monoisotopic (exact) mass is 287 g/mol. The molecule has 4 nitrogen and oxygen atoms in total. The molecule has 0 aliphatic heterocycles. The summed E-state index contributed by atoms with van der Waals surface area (Å²) in [5.41, 5.74) is 2.39. The fraction of sp³-hybridized carbons (Fsp3) is 0.471. The fourth-order valence-corrected chi connectivity index (χ4v) is 2.30. The Balaban J connectivity index is 1.83. The van der Waals surface area contributed by atoms with E-state index in [1.54, 1.807) is 0 Å². The molecule has 2 aromatic heterocycles. The van der Waals surface area contributed by atoms with Crippen molar-refractivity contribution in [3.63, 3.8) is 0 Å². The van der Waals surface area contributed by atoms with E-state index in [4.69, 9.17) is 4.42 Å². The molecule has 2 aromatic rings. The zero-order valence-corrected chi connectivity index (χ0v) is 13.2. The maximum Gasteiger partial charge on any atom is 0.118 e. The molecule has 0 aromatic carbocycles. The molecule has 1 N–H and O–H groups in total. The van der Waals surface area contributed by atoms with Crippen molar-refractivity contribution in [3.05, 3.63) is 53.2 Å². The number of rotatable bonds is 8. The van der Waals surface area contributed by atoms with Gasteiger partial charge in [0.1, 0.15) is 11.5 Å². The molecule has 0 fully saturated rings. The Bertz CT molecular complexity index is 536. The van der Waals surface area contributed by atoms with Gasteiger partial charge in [-0.25, -0.2) is 0 Å². The normalized spacial score (nSPS) is 11.2. The van der Waals surface area contributed by atoms with Crippen LogP contribution in [0.4, 0.5) is 0 Å². The zero-order valence-electron chi connectivity index (χ0n) is 13.2. The van der Waals surface area contributed by atoms with Gasteiger partial charge in [0.2, 0.25) is 0 Å². The van der Waals surface area contributed by atoms with E-state index in [-0.39, 0.29) is 0 Å². The van der Waals surface area contributed by atoms with Gasteiger partial charge in [0.05, 0.1) is 6.54 Å². The minimum atomic E-state index is 0.833. The molecular formula is C17H25N3O. The number of aromatic nitrogens is 1. The Morgan fingerprint density at radius 1 is 1.33 bits per heavy atom. The summed E-state index contributed by atoms with van der Waals surface area (Å²) in [5, 5.41) is 3.34. The minimum absolute atomic E-state index is 0.833. The van der Waals surface area contributed by atoms with Crippen LogP contribution < -0.4 is 5.32 Å². The molecule has 0 radical (unpaired) electrons. The highest BCUT2D eigenvalue weighted by Gasteiger charge is 2.09. The third-order valence-electron chi connectivity index (χ3n) is 3.54. The van der Waals surface area contributed by atoms with E-state index in [1.807, 2.05) is 25.3 Å². The maximum atomic E-state index is 5.84. The minimum Gasteiger partial charge on any atom is -0.465 e. The fourth-order valence-electron chi connectivity index (χ4n) is 2.30. The van der Waals surface area contributed by atoms with Crippen LogP contribution in [0.15, 0.2) is 34.9 Å². The first-order valence-corrected chi connectivity index (χ1v) is 7.56. The Kier molecular flexibility index (Phi) is 5.96. The second-order valence-electron chi connectivity index (χ2n) is 5.38. The molecule has 0 aliphatic rings. The Morgan fingerprint density at radius 3 is 2.90 bits per heavy atom. The Hall–Kier alpha value is -1.65. The molecule has 0 unspecified atom stereocenters. The summed E-state index contributed by atoms with van der Waals surface area (Å²) in [5.74, 6) is 2.05. The van der Waals surface area contributed by atoms with Gasteiger partial charge < -0.3 is 9.73 Å². The van der Waals surface area contributed by atoms with E-state index in [1.165, 1.54) is 5.56 Å². The van der Waals surface area contributed by atoms with Crippen molar-refractivity contribution in [3.8, 4) is 0 Å². The summed E-state index contributed by atoms with van der Waals surface area (Å²) in [6, 6.07) is 8.21. The molecule has 0 saturated carbocycles. The standard InChI is InChI=1S/C17H25N3O/c1-4-18-12-15-11-17(21-14(15)2)13-20(3)10-8-16-7-5-6-9-19-16/h5-7,9,11,18H,4,8,10,12-13H2,1-3H3. The molecule has 0 atom stereocenters. The van der Waals surface area contributed by atoms with Crippen LogP contribution in [0.25, 0.3) is 0 Å². The average Bonchev–Trinajstić information content (AvgIpc) is 2.84. The topological polar surface area (TPSA) is 41.3 Å². The van der Waals surface area contributed by atoms with Gasteiger partial charge in [-0.3, -0.25) is 9.88 Å². The van der Waals surface area contributed by atoms with Crippen LogP contribution in [-0.4, -0.2) is 30.0 Å². The van der Waals surface area contributed by atoms with Crippen molar-refractivity contribution in [1.29, 1.82) is 0 Å². The number of hydrogen-bond acceptors (Lipinski definition) is 4. The number of aryl methyl sites for hydroxylation is 1. The summed E-state index contributed by atoms with van der Waals surface area (Å²) >= 11 is 0. The van der Waals surface area contributed by atoms with Crippen LogP contribution in [0.1, 0.15) is 29.7 Å². The van der Waals surface area contributed by atoms with Crippen molar-refractivity contribution in [2.75, 3.05) is 20.1 Å². The van der Waals surface area contributed by atoms with E-state index in [2.05, 4.69) is 41.3 Å². The second kappa shape index (κ2) is 7.96. The lowest BCUT2D eigenvalue weighted by molar-refractivity contribution is 0.294. The van der Waals surface area contributed by atoms with E-state index in [0.717, 1.165) is 49.8 Å². The highest BCUT2D eigenvalue weighted by molar-refractivity contribution is 5.20. The first-order valence-electron chi connectivity index (χ1n) is 7.56. The maximum absolute atomic E-state index is 5.84. The number of nitrogens with zero attached hydrogens (tertiary/aromatic N) is 2. The third kappa shape index (κ3) is 4.99. The van der Waals surface area contributed by atoms with Gasteiger partial charge in [-0.2, -0.15) is 0 Å². The van der Waals surface area contributed by atoms with Crippen molar-refractivity contribution in [1.82, 2.24) is 15.2 Å².